The van der Waals surface area contributed by atoms with Gasteiger partial charge in [-0.15, -0.1) is 0 Å². The maximum atomic E-state index is 12.0. The molecule has 0 aliphatic heterocycles. The molecule has 0 aromatic carbocycles. The van der Waals surface area contributed by atoms with E-state index in [0.717, 1.165) is 25.7 Å². The molecule has 0 aromatic rings. The molecule has 0 heterocycles. The van der Waals surface area contributed by atoms with E-state index in [9.17, 15) is 14.4 Å². The molecule has 0 aromatic heterocycles. The lowest BCUT2D eigenvalue weighted by atomic mass is 10.1. The normalized spacial score (nSPS) is 12.0. The van der Waals surface area contributed by atoms with Crippen molar-refractivity contribution in [3.05, 3.63) is 12.2 Å². The molecule has 0 aliphatic carbocycles. The van der Waals surface area contributed by atoms with E-state index < -0.39 is 12.1 Å². The van der Waals surface area contributed by atoms with Crippen molar-refractivity contribution < 1.29 is 28.6 Å². The Bertz CT molecular complexity index is 529. The molecule has 0 fully saturated rings. The smallest absolute Gasteiger partial charge is 0.306 e. The summed E-state index contributed by atoms with van der Waals surface area (Å²) in [5.41, 5.74) is 0. The summed E-state index contributed by atoms with van der Waals surface area (Å²) in [6, 6.07) is 0. The van der Waals surface area contributed by atoms with Crippen molar-refractivity contribution in [2.24, 2.45) is 0 Å². The van der Waals surface area contributed by atoms with E-state index >= 15 is 0 Å². The molecule has 0 bridgehead atoms. The van der Waals surface area contributed by atoms with E-state index in [0.29, 0.717) is 6.42 Å². The minimum Gasteiger partial charge on any atom is -0.462 e. The van der Waals surface area contributed by atoms with Crippen LogP contribution in [-0.4, -0.2) is 37.2 Å². The van der Waals surface area contributed by atoms with E-state index in [1.807, 2.05) is 0 Å². The third kappa shape index (κ3) is 21.7. The minimum atomic E-state index is -0.758. The first-order chi connectivity index (χ1) is 16.0. The molecule has 0 saturated carbocycles. The number of unbranched alkanes of at least 4 members (excludes halogenated alkanes) is 11. The lowest BCUT2D eigenvalue weighted by Gasteiger charge is -2.17. The molecule has 6 nitrogen and oxygen atoms in total. The fourth-order valence-electron chi connectivity index (χ4n) is 3.27. The van der Waals surface area contributed by atoms with Crippen molar-refractivity contribution in [3.63, 3.8) is 0 Å². The van der Waals surface area contributed by atoms with Gasteiger partial charge in [0.25, 0.3) is 0 Å². The van der Waals surface area contributed by atoms with Crippen LogP contribution in [0.4, 0.5) is 0 Å². The summed E-state index contributed by atoms with van der Waals surface area (Å²) in [5, 5.41) is 0. The van der Waals surface area contributed by atoms with Crippen LogP contribution < -0.4 is 0 Å². The van der Waals surface area contributed by atoms with E-state index in [2.05, 4.69) is 19.1 Å². The molecule has 6 heteroatoms. The number of carbonyl (C=O) groups excluding carboxylic acids is 3. The van der Waals surface area contributed by atoms with Gasteiger partial charge in [-0.25, -0.2) is 0 Å². The van der Waals surface area contributed by atoms with Crippen molar-refractivity contribution in [1.29, 1.82) is 0 Å². The van der Waals surface area contributed by atoms with Crippen molar-refractivity contribution >= 4 is 17.9 Å². The summed E-state index contributed by atoms with van der Waals surface area (Å²) in [6.45, 7) is 5.42. The lowest BCUT2D eigenvalue weighted by Crippen LogP contribution is -2.30. The SMILES string of the molecule is CCCCCCCCC=CCCCCCCCC(=O)OCC(COC(=O)CC)OC(=O)CC. The highest BCUT2D eigenvalue weighted by molar-refractivity contribution is 5.70. The van der Waals surface area contributed by atoms with Crippen LogP contribution in [0.2, 0.25) is 0 Å². The molecular weight excluding hydrogens is 420 g/mol. The van der Waals surface area contributed by atoms with Crippen molar-refractivity contribution in [2.45, 2.75) is 130 Å². The number of hydrogen-bond donors (Lipinski definition) is 0. The van der Waals surface area contributed by atoms with Gasteiger partial charge in [0.2, 0.25) is 0 Å². The highest BCUT2D eigenvalue weighted by Crippen LogP contribution is 2.10. The first kappa shape index (κ1) is 31.1. The number of hydrogen-bond acceptors (Lipinski definition) is 6. The largest absolute Gasteiger partial charge is 0.462 e. The quantitative estimate of drug-likeness (QED) is 0.0749. The summed E-state index contributed by atoms with van der Waals surface area (Å²) in [5.74, 6) is -1.11. The van der Waals surface area contributed by atoms with Gasteiger partial charge in [0, 0.05) is 19.3 Å². The Morgan fingerprint density at radius 1 is 0.606 bits per heavy atom. The first-order valence-corrected chi connectivity index (χ1v) is 13.2. The monoisotopic (exact) mass is 468 g/mol. The molecule has 1 unspecified atom stereocenters. The van der Waals surface area contributed by atoms with Crippen molar-refractivity contribution in [3.8, 4) is 0 Å². The highest BCUT2D eigenvalue weighted by Gasteiger charge is 2.18. The summed E-state index contributed by atoms with van der Waals surface area (Å²) in [6.07, 6.45) is 20.4. The average molecular weight is 469 g/mol. The second-order valence-electron chi connectivity index (χ2n) is 8.52. The van der Waals surface area contributed by atoms with Crippen molar-refractivity contribution in [1.82, 2.24) is 0 Å². The second-order valence-corrected chi connectivity index (χ2v) is 8.52. The van der Waals surface area contributed by atoms with E-state index in [1.165, 1.54) is 57.8 Å². The van der Waals surface area contributed by atoms with Crippen LogP contribution in [-0.2, 0) is 28.6 Å². The molecule has 0 amide bonds. The average Bonchev–Trinajstić information content (AvgIpc) is 2.82. The maximum Gasteiger partial charge on any atom is 0.306 e. The fourth-order valence-corrected chi connectivity index (χ4v) is 3.27. The number of esters is 3. The Morgan fingerprint density at radius 3 is 1.64 bits per heavy atom. The Morgan fingerprint density at radius 2 is 1.09 bits per heavy atom. The van der Waals surface area contributed by atoms with Crippen LogP contribution in [0.5, 0.6) is 0 Å². The van der Waals surface area contributed by atoms with Gasteiger partial charge in [-0.3, -0.25) is 14.4 Å². The summed E-state index contributed by atoms with van der Waals surface area (Å²) < 4.78 is 15.4. The predicted octanol–water partition coefficient (Wildman–Crippen LogP) is 6.84. The highest BCUT2D eigenvalue weighted by atomic mass is 16.6. The molecule has 0 radical (unpaired) electrons. The van der Waals surface area contributed by atoms with Crippen LogP contribution in [0.1, 0.15) is 124 Å². The molecule has 0 saturated heterocycles. The van der Waals surface area contributed by atoms with Crippen LogP contribution >= 0.6 is 0 Å². The molecular formula is C27H48O6. The minimum absolute atomic E-state index is 0.0906. The maximum absolute atomic E-state index is 12.0. The Kier molecular flexibility index (Phi) is 22.0. The van der Waals surface area contributed by atoms with Gasteiger partial charge in [-0.05, 0) is 32.1 Å². The van der Waals surface area contributed by atoms with Gasteiger partial charge in [-0.2, -0.15) is 0 Å². The van der Waals surface area contributed by atoms with Gasteiger partial charge in [0.15, 0.2) is 6.10 Å². The topological polar surface area (TPSA) is 78.9 Å². The third-order valence-corrected chi connectivity index (χ3v) is 5.38. The molecule has 33 heavy (non-hydrogen) atoms. The lowest BCUT2D eigenvalue weighted by molar-refractivity contribution is -0.166. The molecule has 192 valence electrons. The fraction of sp³-hybridized carbons (Fsp3) is 0.815. The standard InChI is InChI=1S/C27H48O6/c1-4-7-8-9-10-11-12-13-14-15-16-17-18-19-20-21-27(30)32-23-24(33-26(29)6-3)22-31-25(28)5-2/h13-14,24H,4-12,15-23H2,1-3H3. The van der Waals surface area contributed by atoms with Crippen LogP contribution in [0.15, 0.2) is 12.2 Å². The van der Waals surface area contributed by atoms with Crippen LogP contribution in [0.3, 0.4) is 0 Å². The summed E-state index contributed by atoms with van der Waals surface area (Å²) >= 11 is 0. The van der Waals surface area contributed by atoms with E-state index in [-0.39, 0.29) is 38.0 Å². The third-order valence-electron chi connectivity index (χ3n) is 5.38. The zero-order chi connectivity index (χ0) is 24.6. The van der Waals surface area contributed by atoms with Gasteiger partial charge in [-0.1, -0.05) is 84.3 Å². The van der Waals surface area contributed by atoms with Crippen molar-refractivity contribution in [2.75, 3.05) is 13.2 Å². The summed E-state index contributed by atoms with van der Waals surface area (Å²) in [4.78, 5) is 34.8. The Labute approximate surface area is 201 Å². The van der Waals surface area contributed by atoms with Gasteiger partial charge in [0.1, 0.15) is 13.2 Å². The molecule has 0 N–H and O–H groups in total. The number of ether oxygens (including phenoxy) is 3. The molecule has 0 rings (SSSR count). The van der Waals surface area contributed by atoms with Gasteiger partial charge < -0.3 is 14.2 Å². The number of rotatable bonds is 22. The van der Waals surface area contributed by atoms with Crippen LogP contribution in [0.25, 0.3) is 0 Å². The molecule has 1 atom stereocenters. The van der Waals surface area contributed by atoms with Gasteiger partial charge >= 0.3 is 17.9 Å². The van der Waals surface area contributed by atoms with Gasteiger partial charge in [0.05, 0.1) is 0 Å². The Balaban J connectivity index is 3.71. The molecule has 0 spiro atoms. The molecule has 0 aliphatic rings. The van der Waals surface area contributed by atoms with E-state index in [4.69, 9.17) is 14.2 Å². The van der Waals surface area contributed by atoms with E-state index in [1.54, 1.807) is 13.8 Å². The summed E-state index contributed by atoms with van der Waals surface area (Å²) in [7, 11) is 0. The number of allylic oxidation sites excluding steroid dienone is 2. The van der Waals surface area contributed by atoms with Crippen LogP contribution in [0, 0.1) is 0 Å². The number of carbonyl (C=O) groups is 3. The first-order valence-electron chi connectivity index (χ1n) is 13.2. The second kappa shape index (κ2) is 23.3. The zero-order valence-corrected chi connectivity index (χ0v) is 21.4. The predicted molar refractivity (Wildman–Crippen MR) is 132 cm³/mol. The Hall–Kier alpha value is -1.85. The zero-order valence-electron chi connectivity index (χ0n) is 21.4.